The Hall–Kier alpha value is -2.07. The Bertz CT molecular complexity index is 624. The molecule has 2 aromatic heterocycles. The molecule has 3 rings (SSSR count). The first-order valence-corrected chi connectivity index (χ1v) is 5.09. The van der Waals surface area contributed by atoms with Crippen LogP contribution in [0.2, 0.25) is 0 Å². The van der Waals surface area contributed by atoms with E-state index in [-0.39, 0.29) is 0 Å². The van der Waals surface area contributed by atoms with Gasteiger partial charge in [-0.1, -0.05) is 18.2 Å². The fourth-order valence-corrected chi connectivity index (χ4v) is 1.87. The summed E-state index contributed by atoms with van der Waals surface area (Å²) in [6.07, 6.45) is 3.48. The zero-order chi connectivity index (χ0) is 11.0. The van der Waals surface area contributed by atoms with E-state index in [2.05, 4.69) is 10.2 Å². The van der Waals surface area contributed by atoms with E-state index in [0.717, 1.165) is 27.8 Å². The van der Waals surface area contributed by atoms with Crippen LogP contribution in [0.5, 0.6) is 0 Å². The molecule has 0 saturated heterocycles. The molecule has 3 aromatic rings. The highest BCUT2D eigenvalue weighted by Gasteiger charge is 2.12. The van der Waals surface area contributed by atoms with Gasteiger partial charge in [0.25, 0.3) is 0 Å². The standard InChI is InChI=1S/C12H11N3O/c13-5-8-6-14-15-12(8)10-7-16-11-4-2-1-3-9(10)11/h1-4,6-7H,5,13H2,(H,14,15). The van der Waals surface area contributed by atoms with Gasteiger partial charge in [0, 0.05) is 23.1 Å². The summed E-state index contributed by atoms with van der Waals surface area (Å²) >= 11 is 0. The Kier molecular flexibility index (Phi) is 2.01. The van der Waals surface area contributed by atoms with E-state index in [9.17, 15) is 0 Å². The minimum atomic E-state index is 0.464. The van der Waals surface area contributed by atoms with Crippen LogP contribution >= 0.6 is 0 Å². The minimum Gasteiger partial charge on any atom is -0.464 e. The van der Waals surface area contributed by atoms with Crippen LogP contribution in [0.1, 0.15) is 5.56 Å². The van der Waals surface area contributed by atoms with Crippen molar-refractivity contribution in [1.82, 2.24) is 10.2 Å². The van der Waals surface area contributed by atoms with Gasteiger partial charge >= 0.3 is 0 Å². The van der Waals surface area contributed by atoms with Crippen molar-refractivity contribution in [3.8, 4) is 11.3 Å². The summed E-state index contributed by atoms with van der Waals surface area (Å²) in [7, 11) is 0. The maximum Gasteiger partial charge on any atom is 0.134 e. The Morgan fingerprint density at radius 3 is 3.06 bits per heavy atom. The van der Waals surface area contributed by atoms with Crippen LogP contribution in [0.3, 0.4) is 0 Å². The summed E-state index contributed by atoms with van der Waals surface area (Å²) in [5.74, 6) is 0. The number of nitrogens with two attached hydrogens (primary N) is 1. The van der Waals surface area contributed by atoms with Crippen LogP contribution in [0, 0.1) is 0 Å². The number of nitrogens with one attached hydrogen (secondary N) is 1. The van der Waals surface area contributed by atoms with Gasteiger partial charge in [0.05, 0.1) is 11.9 Å². The number of H-pyrrole nitrogens is 1. The average Bonchev–Trinajstić information content (AvgIpc) is 2.94. The lowest BCUT2D eigenvalue weighted by Crippen LogP contribution is -1.96. The van der Waals surface area contributed by atoms with Gasteiger partial charge in [-0.05, 0) is 6.07 Å². The summed E-state index contributed by atoms with van der Waals surface area (Å²) in [6.45, 7) is 0.464. The van der Waals surface area contributed by atoms with Crippen molar-refractivity contribution >= 4 is 11.0 Å². The molecule has 3 N–H and O–H groups in total. The SMILES string of the molecule is NCc1cn[nH]c1-c1coc2ccccc12. The normalized spacial score (nSPS) is 11.1. The maximum atomic E-state index is 5.65. The zero-order valence-electron chi connectivity index (χ0n) is 8.60. The van der Waals surface area contributed by atoms with Crippen molar-refractivity contribution in [2.45, 2.75) is 6.54 Å². The molecule has 0 fully saturated rings. The van der Waals surface area contributed by atoms with E-state index >= 15 is 0 Å². The molecule has 1 aromatic carbocycles. The molecule has 4 heteroatoms. The second-order valence-corrected chi connectivity index (χ2v) is 3.62. The number of aromatic amines is 1. The van der Waals surface area contributed by atoms with Gasteiger partial charge < -0.3 is 10.2 Å². The quantitative estimate of drug-likeness (QED) is 0.686. The van der Waals surface area contributed by atoms with Crippen molar-refractivity contribution in [2.75, 3.05) is 0 Å². The lowest BCUT2D eigenvalue weighted by Gasteiger charge is -1.97. The molecule has 0 spiro atoms. The summed E-state index contributed by atoms with van der Waals surface area (Å²) in [5.41, 5.74) is 9.46. The largest absolute Gasteiger partial charge is 0.464 e. The van der Waals surface area contributed by atoms with E-state index in [1.54, 1.807) is 12.5 Å². The molecule has 0 bridgehead atoms. The van der Waals surface area contributed by atoms with Crippen molar-refractivity contribution in [3.63, 3.8) is 0 Å². The molecule has 0 aliphatic carbocycles. The van der Waals surface area contributed by atoms with E-state index < -0.39 is 0 Å². The van der Waals surface area contributed by atoms with Gasteiger partial charge in [-0.3, -0.25) is 5.10 Å². The van der Waals surface area contributed by atoms with Gasteiger partial charge in [-0.15, -0.1) is 0 Å². The van der Waals surface area contributed by atoms with E-state index in [1.807, 2.05) is 24.3 Å². The van der Waals surface area contributed by atoms with Crippen LogP contribution in [0.25, 0.3) is 22.2 Å². The highest BCUT2D eigenvalue weighted by Crippen LogP contribution is 2.30. The van der Waals surface area contributed by atoms with Crippen LogP contribution in [-0.2, 0) is 6.54 Å². The second kappa shape index (κ2) is 3.50. The van der Waals surface area contributed by atoms with Crippen LogP contribution in [-0.4, -0.2) is 10.2 Å². The number of rotatable bonds is 2. The number of aromatic nitrogens is 2. The minimum absolute atomic E-state index is 0.464. The molecule has 0 unspecified atom stereocenters. The van der Waals surface area contributed by atoms with Crippen molar-refractivity contribution < 1.29 is 4.42 Å². The Balaban J connectivity index is 2.26. The van der Waals surface area contributed by atoms with Crippen molar-refractivity contribution in [3.05, 3.63) is 42.3 Å². The number of nitrogens with zero attached hydrogens (tertiary/aromatic N) is 1. The molecular weight excluding hydrogens is 202 g/mol. The summed E-state index contributed by atoms with van der Waals surface area (Å²) in [4.78, 5) is 0. The number of para-hydroxylation sites is 1. The van der Waals surface area contributed by atoms with Gasteiger partial charge in [0.2, 0.25) is 0 Å². The second-order valence-electron chi connectivity index (χ2n) is 3.62. The Morgan fingerprint density at radius 2 is 2.19 bits per heavy atom. The lowest BCUT2D eigenvalue weighted by molar-refractivity contribution is 0.616. The first kappa shape index (κ1) is 9.18. The molecule has 2 heterocycles. The Morgan fingerprint density at radius 1 is 1.31 bits per heavy atom. The first-order valence-electron chi connectivity index (χ1n) is 5.09. The lowest BCUT2D eigenvalue weighted by atomic mass is 10.1. The third-order valence-corrected chi connectivity index (χ3v) is 2.69. The highest BCUT2D eigenvalue weighted by molar-refractivity contribution is 5.93. The zero-order valence-corrected chi connectivity index (χ0v) is 8.60. The number of fused-ring (bicyclic) bond motifs is 1. The molecule has 0 aliphatic heterocycles. The monoisotopic (exact) mass is 213 g/mol. The van der Waals surface area contributed by atoms with E-state index in [4.69, 9.17) is 10.2 Å². The molecule has 0 saturated carbocycles. The van der Waals surface area contributed by atoms with Crippen LogP contribution in [0.4, 0.5) is 0 Å². The van der Waals surface area contributed by atoms with Gasteiger partial charge in [0.15, 0.2) is 0 Å². The topological polar surface area (TPSA) is 67.8 Å². The highest BCUT2D eigenvalue weighted by atomic mass is 16.3. The average molecular weight is 213 g/mol. The summed E-state index contributed by atoms with van der Waals surface area (Å²) < 4.78 is 5.48. The number of hydrogen-bond acceptors (Lipinski definition) is 3. The Labute approximate surface area is 92.1 Å². The fourth-order valence-electron chi connectivity index (χ4n) is 1.87. The van der Waals surface area contributed by atoms with Gasteiger partial charge in [-0.25, -0.2) is 0 Å². The van der Waals surface area contributed by atoms with Crippen molar-refractivity contribution in [1.29, 1.82) is 0 Å². The third-order valence-electron chi connectivity index (χ3n) is 2.69. The first-order chi connectivity index (χ1) is 7.90. The molecule has 0 atom stereocenters. The molecule has 0 aliphatic rings. The third kappa shape index (κ3) is 1.24. The van der Waals surface area contributed by atoms with Crippen molar-refractivity contribution in [2.24, 2.45) is 5.73 Å². The summed E-state index contributed by atoms with van der Waals surface area (Å²) in [6, 6.07) is 7.90. The summed E-state index contributed by atoms with van der Waals surface area (Å²) in [5, 5.41) is 8.04. The van der Waals surface area contributed by atoms with Gasteiger partial charge in [0.1, 0.15) is 11.8 Å². The predicted octanol–water partition coefficient (Wildman–Crippen LogP) is 2.28. The predicted molar refractivity (Wildman–Crippen MR) is 61.7 cm³/mol. The van der Waals surface area contributed by atoms with Crippen LogP contribution < -0.4 is 5.73 Å². The van der Waals surface area contributed by atoms with E-state index in [1.165, 1.54) is 0 Å². The van der Waals surface area contributed by atoms with Gasteiger partial charge in [-0.2, -0.15) is 5.10 Å². The molecular formula is C12H11N3O. The number of furan rings is 1. The molecule has 4 nitrogen and oxygen atoms in total. The smallest absolute Gasteiger partial charge is 0.134 e. The molecule has 16 heavy (non-hydrogen) atoms. The molecule has 0 radical (unpaired) electrons. The maximum absolute atomic E-state index is 5.65. The number of benzene rings is 1. The molecule has 80 valence electrons. The number of hydrogen-bond donors (Lipinski definition) is 2. The van der Waals surface area contributed by atoms with E-state index in [0.29, 0.717) is 6.54 Å². The fraction of sp³-hybridized carbons (Fsp3) is 0.0833. The molecule has 0 amide bonds. The van der Waals surface area contributed by atoms with Crippen LogP contribution in [0.15, 0.2) is 41.1 Å².